The van der Waals surface area contributed by atoms with Crippen molar-refractivity contribution < 1.29 is 9.59 Å². The molecule has 1 aliphatic rings. The monoisotopic (exact) mass is 436 g/mol. The second kappa shape index (κ2) is 9.14. The number of carbonyl (C=O) groups excluding carboxylic acids is 2. The number of amides is 2. The number of imidazole rings is 1. The fourth-order valence-electron chi connectivity index (χ4n) is 4.42. The number of fused-ring (bicyclic) bond motifs is 1. The zero-order valence-electron chi connectivity index (χ0n) is 19.1. The van der Waals surface area contributed by atoms with E-state index in [1.807, 2.05) is 19.9 Å². The number of nitrogens with zero attached hydrogens (tertiary/aromatic N) is 4. The highest BCUT2D eigenvalue weighted by Gasteiger charge is 2.44. The maximum absolute atomic E-state index is 13.2. The summed E-state index contributed by atoms with van der Waals surface area (Å²) in [5, 5.41) is 7.40. The lowest BCUT2D eigenvalue weighted by molar-refractivity contribution is -0.133. The van der Waals surface area contributed by atoms with Crippen molar-refractivity contribution in [1.82, 2.24) is 30.0 Å². The van der Waals surface area contributed by atoms with Crippen molar-refractivity contribution in [3.05, 3.63) is 47.5 Å². The molecule has 2 N–H and O–H groups in total. The van der Waals surface area contributed by atoms with Gasteiger partial charge in [-0.1, -0.05) is 6.07 Å². The fourth-order valence-corrected chi connectivity index (χ4v) is 4.42. The number of piperidine rings is 1. The Morgan fingerprint density at radius 3 is 2.88 bits per heavy atom. The van der Waals surface area contributed by atoms with E-state index in [-0.39, 0.29) is 11.8 Å². The first-order valence-corrected chi connectivity index (χ1v) is 11.5. The van der Waals surface area contributed by atoms with Crippen LogP contribution in [0.4, 0.5) is 0 Å². The van der Waals surface area contributed by atoms with E-state index < -0.39 is 5.54 Å². The molecular formula is C24H32N6O2. The first-order valence-electron chi connectivity index (χ1n) is 11.5. The van der Waals surface area contributed by atoms with Gasteiger partial charge in [-0.3, -0.25) is 14.3 Å². The largest absolute Gasteiger partial charge is 0.354 e. The summed E-state index contributed by atoms with van der Waals surface area (Å²) in [7, 11) is 0. The quantitative estimate of drug-likeness (QED) is 0.556. The zero-order chi connectivity index (χ0) is 22.7. The number of hydrogen-bond donors (Lipinski definition) is 2. The molecule has 0 bridgehead atoms. The Labute approximate surface area is 188 Å². The van der Waals surface area contributed by atoms with Crippen LogP contribution in [0.25, 0.3) is 11.0 Å². The molecule has 4 rings (SSSR count). The second-order valence-corrected chi connectivity index (χ2v) is 8.81. The topological polar surface area (TPSA) is 95.9 Å². The Hall–Kier alpha value is -3.16. The van der Waals surface area contributed by atoms with Crippen LogP contribution in [0.5, 0.6) is 0 Å². The fraction of sp³-hybridized carbons (Fsp3) is 0.500. The minimum absolute atomic E-state index is 0.0966. The van der Waals surface area contributed by atoms with Crippen LogP contribution in [0.3, 0.4) is 0 Å². The van der Waals surface area contributed by atoms with Gasteiger partial charge in [-0.2, -0.15) is 5.10 Å². The van der Waals surface area contributed by atoms with Crippen LogP contribution < -0.4 is 5.32 Å². The van der Waals surface area contributed by atoms with Crippen molar-refractivity contribution >= 4 is 22.8 Å². The summed E-state index contributed by atoms with van der Waals surface area (Å²) >= 11 is 0. The van der Waals surface area contributed by atoms with Gasteiger partial charge in [-0.15, -0.1) is 0 Å². The van der Waals surface area contributed by atoms with Crippen LogP contribution in [0.1, 0.15) is 61.4 Å². The van der Waals surface area contributed by atoms with Gasteiger partial charge < -0.3 is 15.2 Å². The predicted molar refractivity (Wildman–Crippen MR) is 123 cm³/mol. The molecule has 3 heterocycles. The SMILES string of the molecule is CCn1ccc(C(=O)N2CCCCC2(C)C(=O)NCCCc2nc3ccc(C)cc3[nH]2)n1. The van der Waals surface area contributed by atoms with Crippen molar-refractivity contribution in [2.24, 2.45) is 0 Å². The van der Waals surface area contributed by atoms with Gasteiger partial charge in [0.2, 0.25) is 5.91 Å². The molecule has 1 aliphatic heterocycles. The molecule has 2 amide bonds. The lowest BCUT2D eigenvalue weighted by Crippen LogP contribution is -2.61. The second-order valence-electron chi connectivity index (χ2n) is 8.81. The van der Waals surface area contributed by atoms with Gasteiger partial charge >= 0.3 is 0 Å². The summed E-state index contributed by atoms with van der Waals surface area (Å²) in [5.41, 5.74) is 2.74. The zero-order valence-corrected chi connectivity index (χ0v) is 19.1. The molecule has 32 heavy (non-hydrogen) atoms. The van der Waals surface area contributed by atoms with Gasteiger partial charge in [-0.25, -0.2) is 4.98 Å². The van der Waals surface area contributed by atoms with Crippen LogP contribution in [0.2, 0.25) is 0 Å². The standard InChI is InChI=1S/C24H32N6O2/c1-4-29-15-11-19(28-29)22(31)30-14-6-5-12-24(30,3)23(32)25-13-7-8-21-26-18-10-9-17(2)16-20(18)27-21/h9-11,15-16H,4-8,12-14H2,1-3H3,(H,25,32)(H,26,27). The van der Waals surface area contributed by atoms with E-state index in [1.54, 1.807) is 21.8 Å². The molecule has 2 aromatic heterocycles. The van der Waals surface area contributed by atoms with Crippen molar-refractivity contribution in [3.63, 3.8) is 0 Å². The van der Waals surface area contributed by atoms with Gasteiger partial charge in [0.05, 0.1) is 11.0 Å². The van der Waals surface area contributed by atoms with E-state index in [9.17, 15) is 9.59 Å². The highest BCUT2D eigenvalue weighted by molar-refractivity contribution is 5.98. The minimum Gasteiger partial charge on any atom is -0.354 e. The normalized spacial score (nSPS) is 18.8. The van der Waals surface area contributed by atoms with Crippen LogP contribution in [0, 0.1) is 6.92 Å². The molecule has 8 nitrogen and oxygen atoms in total. The van der Waals surface area contributed by atoms with Crippen LogP contribution in [0.15, 0.2) is 30.5 Å². The average Bonchev–Trinajstić information content (AvgIpc) is 3.42. The number of aromatic amines is 1. The molecule has 3 aromatic rings. The Bertz CT molecular complexity index is 1120. The third-order valence-corrected chi connectivity index (χ3v) is 6.37. The number of carbonyl (C=O) groups is 2. The minimum atomic E-state index is -0.859. The number of aryl methyl sites for hydroxylation is 3. The van der Waals surface area contributed by atoms with Gasteiger partial charge in [0.25, 0.3) is 5.91 Å². The molecule has 1 unspecified atom stereocenters. The molecule has 1 fully saturated rings. The Morgan fingerprint density at radius 2 is 2.09 bits per heavy atom. The van der Waals surface area contributed by atoms with E-state index in [0.717, 1.165) is 42.5 Å². The number of rotatable bonds is 7. The van der Waals surface area contributed by atoms with Crippen molar-refractivity contribution in [2.45, 2.75) is 65.0 Å². The van der Waals surface area contributed by atoms with Crippen molar-refractivity contribution in [1.29, 1.82) is 0 Å². The summed E-state index contributed by atoms with van der Waals surface area (Å²) in [6, 6.07) is 7.89. The Morgan fingerprint density at radius 1 is 1.25 bits per heavy atom. The summed E-state index contributed by atoms with van der Waals surface area (Å²) in [6.45, 7) is 7.72. The van der Waals surface area contributed by atoms with Gasteiger partial charge in [0.1, 0.15) is 17.1 Å². The number of nitrogens with one attached hydrogen (secondary N) is 2. The molecule has 1 saturated heterocycles. The smallest absolute Gasteiger partial charge is 0.275 e. The molecular weight excluding hydrogens is 404 g/mol. The molecule has 0 aliphatic carbocycles. The van der Waals surface area contributed by atoms with Gasteiger partial charge in [-0.05, 0) is 70.2 Å². The number of H-pyrrole nitrogens is 1. The van der Waals surface area contributed by atoms with Crippen LogP contribution in [-0.4, -0.2) is 55.1 Å². The molecule has 0 saturated carbocycles. The van der Waals surface area contributed by atoms with Gasteiger partial charge in [0, 0.05) is 32.3 Å². The molecule has 170 valence electrons. The summed E-state index contributed by atoms with van der Waals surface area (Å²) < 4.78 is 1.73. The van der Waals surface area contributed by atoms with Crippen molar-refractivity contribution in [3.8, 4) is 0 Å². The maximum Gasteiger partial charge on any atom is 0.275 e. The third kappa shape index (κ3) is 4.40. The van der Waals surface area contributed by atoms with E-state index >= 15 is 0 Å². The Balaban J connectivity index is 1.36. The van der Waals surface area contributed by atoms with Gasteiger partial charge in [0.15, 0.2) is 0 Å². The number of hydrogen-bond acceptors (Lipinski definition) is 4. The van der Waals surface area contributed by atoms with E-state index in [1.165, 1.54) is 5.56 Å². The van der Waals surface area contributed by atoms with E-state index in [0.29, 0.717) is 31.7 Å². The number of likely N-dealkylation sites (tertiary alicyclic amines) is 1. The predicted octanol–water partition coefficient (Wildman–Crippen LogP) is 3.22. The molecule has 0 radical (unpaired) electrons. The average molecular weight is 437 g/mol. The lowest BCUT2D eigenvalue weighted by atomic mass is 9.87. The summed E-state index contributed by atoms with van der Waals surface area (Å²) in [6.07, 6.45) is 5.80. The highest BCUT2D eigenvalue weighted by atomic mass is 16.2. The van der Waals surface area contributed by atoms with Crippen molar-refractivity contribution in [2.75, 3.05) is 13.1 Å². The molecule has 1 atom stereocenters. The molecule has 1 aromatic carbocycles. The Kier molecular flexibility index (Phi) is 6.30. The van der Waals surface area contributed by atoms with Crippen LogP contribution in [-0.2, 0) is 17.8 Å². The molecule has 0 spiro atoms. The third-order valence-electron chi connectivity index (χ3n) is 6.37. The summed E-state index contributed by atoms with van der Waals surface area (Å²) in [5.74, 6) is 0.653. The maximum atomic E-state index is 13.2. The number of aromatic nitrogens is 4. The van der Waals surface area contributed by atoms with Crippen LogP contribution >= 0.6 is 0 Å². The lowest BCUT2D eigenvalue weighted by Gasteiger charge is -2.43. The van der Waals surface area contributed by atoms with E-state index in [4.69, 9.17) is 0 Å². The first-order chi connectivity index (χ1) is 15.4. The highest BCUT2D eigenvalue weighted by Crippen LogP contribution is 2.29. The number of benzene rings is 1. The van der Waals surface area contributed by atoms with E-state index in [2.05, 4.69) is 39.4 Å². The first kappa shape index (κ1) is 22.0. The molecule has 8 heteroatoms. The summed E-state index contributed by atoms with van der Waals surface area (Å²) in [4.78, 5) is 36.0.